The van der Waals surface area contributed by atoms with Crippen molar-refractivity contribution in [1.82, 2.24) is 0 Å². The van der Waals surface area contributed by atoms with E-state index >= 15 is 0 Å². The summed E-state index contributed by atoms with van der Waals surface area (Å²) in [6.45, 7) is 27.6. The van der Waals surface area contributed by atoms with Gasteiger partial charge >= 0.3 is 7.82 Å². The Balaban J connectivity index is 3.12. The number of phosphoric acid groups is 1. The van der Waals surface area contributed by atoms with Crippen LogP contribution in [-0.2, 0) is 27.4 Å². The number of hydrogen-bond acceptors (Lipinski definition) is 6. The predicted octanol–water partition coefficient (Wildman–Crippen LogP) is 8.97. The lowest BCUT2D eigenvalue weighted by Crippen LogP contribution is -2.49. The second kappa shape index (κ2) is 15.1. The lowest BCUT2D eigenvalue weighted by atomic mass is 9.71. The van der Waals surface area contributed by atoms with E-state index in [4.69, 9.17) is 18.0 Å². The van der Waals surface area contributed by atoms with E-state index in [1.807, 2.05) is 32.9 Å². The molecule has 0 saturated heterocycles. The topological polar surface area (TPSA) is 71.1 Å². The van der Waals surface area contributed by atoms with Crippen LogP contribution in [0.15, 0.2) is 47.1 Å². The highest BCUT2D eigenvalue weighted by Crippen LogP contribution is 2.49. The van der Waals surface area contributed by atoms with Crippen molar-refractivity contribution in [3.63, 3.8) is 0 Å². The number of allylic oxidation sites excluding steroid dienone is 5. The molecule has 8 heteroatoms. The van der Waals surface area contributed by atoms with Gasteiger partial charge in [0.05, 0.1) is 31.8 Å². The Morgan fingerprint density at radius 1 is 1.13 bits per heavy atom. The zero-order valence-corrected chi connectivity index (χ0v) is 27.7. The van der Waals surface area contributed by atoms with Crippen molar-refractivity contribution < 1.29 is 27.4 Å². The summed E-state index contributed by atoms with van der Waals surface area (Å²) in [6.07, 6.45) is 8.30. The molecule has 38 heavy (non-hydrogen) atoms. The first kappa shape index (κ1) is 34.9. The molecule has 0 heterocycles. The number of Topliss-reactive ketones (excluding diaryl/α,β-unsaturated/α-hetero) is 1. The average molecular weight is 569 g/mol. The molecule has 0 aliphatic heterocycles. The van der Waals surface area contributed by atoms with Gasteiger partial charge in [-0.05, 0) is 96.0 Å². The minimum Gasteiger partial charge on any atom is -0.410 e. The van der Waals surface area contributed by atoms with Gasteiger partial charge in [-0.15, -0.1) is 0 Å². The lowest BCUT2D eigenvalue weighted by molar-refractivity contribution is -0.123. The van der Waals surface area contributed by atoms with Crippen LogP contribution in [0.5, 0.6) is 0 Å². The van der Waals surface area contributed by atoms with Crippen molar-refractivity contribution in [3.8, 4) is 0 Å². The van der Waals surface area contributed by atoms with Gasteiger partial charge < -0.3 is 4.43 Å². The van der Waals surface area contributed by atoms with Gasteiger partial charge in [-0.2, -0.15) is 0 Å². The molecule has 0 radical (unpaired) electrons. The summed E-state index contributed by atoms with van der Waals surface area (Å²) < 4.78 is 35.3. The second-order valence-electron chi connectivity index (χ2n) is 11.9. The second-order valence-corrected chi connectivity index (χ2v) is 18.3. The minimum atomic E-state index is -3.52. The molecule has 6 nitrogen and oxygen atoms in total. The third-order valence-electron chi connectivity index (χ3n) is 7.68. The molecule has 0 aromatic heterocycles. The summed E-state index contributed by atoms with van der Waals surface area (Å²) in [5, 5.41) is 0.0224. The summed E-state index contributed by atoms with van der Waals surface area (Å²) in [6, 6.07) is 0. The van der Waals surface area contributed by atoms with Crippen LogP contribution < -0.4 is 0 Å². The Hall–Kier alpha value is -1.08. The van der Waals surface area contributed by atoms with Gasteiger partial charge in [0.1, 0.15) is 0 Å². The molecule has 0 spiro atoms. The van der Waals surface area contributed by atoms with E-state index in [-0.39, 0.29) is 48.6 Å². The SMILES string of the molecule is C=C(C)[C@H]1CC=C(C)C(=O)[C@@H]1[C@H](O[Si](C)(C)C(C)(C)C)/C(C)=C/CC/C(C)=C/COP(=O)(OCC)OCC. The van der Waals surface area contributed by atoms with Gasteiger partial charge in [-0.25, -0.2) is 4.57 Å². The first-order valence-electron chi connectivity index (χ1n) is 13.9. The highest BCUT2D eigenvalue weighted by atomic mass is 31.2. The largest absolute Gasteiger partial charge is 0.475 e. The molecule has 0 fully saturated rings. The Kier molecular flexibility index (Phi) is 13.9. The number of phosphoric ester groups is 1. The predicted molar refractivity (Wildman–Crippen MR) is 161 cm³/mol. The molecule has 1 aliphatic rings. The molecule has 1 aliphatic carbocycles. The quantitative estimate of drug-likeness (QED) is 0.112. The van der Waals surface area contributed by atoms with Crippen molar-refractivity contribution in [2.45, 2.75) is 106 Å². The van der Waals surface area contributed by atoms with E-state index in [1.54, 1.807) is 13.8 Å². The lowest BCUT2D eigenvalue weighted by Gasteiger charge is -2.44. The number of ketones is 1. The molecule has 0 aromatic rings. The molecular formula is C30H53O6PSi. The van der Waals surface area contributed by atoms with Gasteiger partial charge in [0, 0.05) is 0 Å². The fourth-order valence-electron chi connectivity index (χ4n) is 4.24. The van der Waals surface area contributed by atoms with E-state index in [9.17, 15) is 9.36 Å². The van der Waals surface area contributed by atoms with Gasteiger partial charge in [-0.1, -0.05) is 56.7 Å². The Bertz CT molecular complexity index is 946. The number of carbonyl (C=O) groups is 1. The first-order valence-corrected chi connectivity index (χ1v) is 18.3. The summed E-state index contributed by atoms with van der Waals surface area (Å²) in [4.78, 5) is 13.5. The normalized spacial score (nSPS) is 20.9. The number of hydrogen-bond donors (Lipinski definition) is 0. The van der Waals surface area contributed by atoms with Crippen LogP contribution in [0.4, 0.5) is 0 Å². The van der Waals surface area contributed by atoms with E-state index in [1.165, 1.54) is 0 Å². The molecule has 0 N–H and O–H groups in total. The van der Waals surface area contributed by atoms with Crippen molar-refractivity contribution in [2.24, 2.45) is 11.8 Å². The van der Waals surface area contributed by atoms with Crippen LogP contribution in [0.1, 0.15) is 81.6 Å². The molecule has 0 aromatic carbocycles. The zero-order chi connectivity index (χ0) is 29.3. The van der Waals surface area contributed by atoms with Crippen LogP contribution in [0, 0.1) is 11.8 Å². The van der Waals surface area contributed by atoms with E-state index in [0.717, 1.165) is 41.6 Å². The minimum absolute atomic E-state index is 0.0224. The first-order chi connectivity index (χ1) is 17.5. The van der Waals surface area contributed by atoms with E-state index < -0.39 is 16.1 Å². The van der Waals surface area contributed by atoms with Gasteiger partial charge in [0.15, 0.2) is 14.1 Å². The summed E-state index contributed by atoms with van der Waals surface area (Å²) in [5.74, 6) is -0.0318. The Morgan fingerprint density at radius 2 is 1.71 bits per heavy atom. The maximum absolute atomic E-state index is 13.5. The van der Waals surface area contributed by atoms with Gasteiger partial charge in [0.2, 0.25) is 0 Å². The molecular weight excluding hydrogens is 515 g/mol. The third-order valence-corrected chi connectivity index (χ3v) is 13.8. The summed E-state index contributed by atoms with van der Waals surface area (Å²) >= 11 is 0. The number of rotatable bonds is 15. The molecule has 0 saturated carbocycles. The van der Waals surface area contributed by atoms with Crippen LogP contribution in [-0.4, -0.2) is 40.0 Å². The summed E-state index contributed by atoms with van der Waals surface area (Å²) in [7, 11) is -5.68. The van der Waals surface area contributed by atoms with Crippen molar-refractivity contribution in [3.05, 3.63) is 47.1 Å². The summed E-state index contributed by atoms with van der Waals surface area (Å²) in [5.41, 5.74) is 4.05. The maximum Gasteiger partial charge on any atom is 0.475 e. The van der Waals surface area contributed by atoms with Gasteiger partial charge in [-0.3, -0.25) is 18.4 Å². The smallest absolute Gasteiger partial charge is 0.410 e. The highest BCUT2D eigenvalue weighted by molar-refractivity contribution is 7.48. The monoisotopic (exact) mass is 568 g/mol. The van der Waals surface area contributed by atoms with Crippen LogP contribution in [0.2, 0.25) is 18.1 Å². The Labute approximate surface area is 233 Å². The molecule has 218 valence electrons. The fraction of sp³-hybridized carbons (Fsp3) is 0.700. The van der Waals surface area contributed by atoms with Crippen LogP contribution in [0.3, 0.4) is 0 Å². The fourth-order valence-corrected chi connectivity index (χ4v) is 6.68. The van der Waals surface area contributed by atoms with Crippen LogP contribution >= 0.6 is 7.82 Å². The van der Waals surface area contributed by atoms with Crippen molar-refractivity contribution in [2.75, 3.05) is 19.8 Å². The highest BCUT2D eigenvalue weighted by Gasteiger charge is 2.45. The molecule has 0 amide bonds. The zero-order valence-electron chi connectivity index (χ0n) is 25.8. The Morgan fingerprint density at radius 3 is 2.21 bits per heavy atom. The third kappa shape index (κ3) is 10.1. The molecule has 3 atom stereocenters. The van der Waals surface area contributed by atoms with Crippen molar-refractivity contribution in [1.29, 1.82) is 0 Å². The van der Waals surface area contributed by atoms with E-state index in [0.29, 0.717) is 0 Å². The standard InChI is InChI=1S/C30H53O6PSi/c1-13-33-37(32,34-14-2)35-21-20-23(5)16-15-17-25(7)29(36-38(11,12)30(8,9)10)27-26(22(3)4)19-18-24(6)28(27)31/h17-18,20,26-27,29H,3,13-16,19,21H2,1-2,4-12H3/b23-20+,25-17+/t26-,27-,29-/m1/s1. The molecule has 0 unspecified atom stereocenters. The maximum atomic E-state index is 13.5. The number of carbonyl (C=O) groups excluding carboxylic acids is 1. The molecule has 1 rings (SSSR count). The van der Waals surface area contributed by atoms with Crippen LogP contribution in [0.25, 0.3) is 0 Å². The average Bonchev–Trinajstić information content (AvgIpc) is 2.78. The van der Waals surface area contributed by atoms with Gasteiger partial charge in [0.25, 0.3) is 0 Å². The molecule has 0 bridgehead atoms. The van der Waals surface area contributed by atoms with Crippen molar-refractivity contribution >= 4 is 21.9 Å². The van der Waals surface area contributed by atoms with E-state index in [2.05, 4.69) is 53.4 Å².